The molecule has 1 amide bonds. The number of amides is 1. The number of rotatable bonds is 3. The number of morpholine rings is 1. The van der Waals surface area contributed by atoms with Gasteiger partial charge in [-0.15, -0.1) is 0 Å². The van der Waals surface area contributed by atoms with Crippen LogP contribution in [0.3, 0.4) is 0 Å². The Hall–Kier alpha value is -1.73. The molecule has 2 fully saturated rings. The molecular formula is C16H24N4O3. The van der Waals surface area contributed by atoms with E-state index in [0.717, 1.165) is 45.8 Å². The number of nitrogens with zero attached hydrogens (tertiary/aromatic N) is 4. The van der Waals surface area contributed by atoms with Gasteiger partial charge in [0, 0.05) is 45.3 Å². The predicted octanol–water partition coefficient (Wildman–Crippen LogP) is -0.0369. The third-order valence-electron chi connectivity index (χ3n) is 4.91. The number of aryl methyl sites for hydroxylation is 1. The standard InChI is InChI=1S/C16H24N4O3/c1-3-12-10-20(11-14(12)19-6-8-23-9-7-19)16(22)13-4-5-15(21)18(2)17-13/h4-5,12,14H,3,6-11H2,1-2H3/t12-,14-/m1/s1. The molecule has 0 aliphatic carbocycles. The second-order valence-electron chi connectivity index (χ2n) is 6.27. The number of hydrogen-bond acceptors (Lipinski definition) is 5. The van der Waals surface area contributed by atoms with E-state index in [1.807, 2.05) is 4.90 Å². The van der Waals surface area contributed by atoms with Gasteiger partial charge in [0.2, 0.25) is 0 Å². The highest BCUT2D eigenvalue weighted by atomic mass is 16.5. The monoisotopic (exact) mass is 320 g/mol. The Morgan fingerprint density at radius 3 is 2.70 bits per heavy atom. The third-order valence-corrected chi connectivity index (χ3v) is 4.91. The molecule has 0 radical (unpaired) electrons. The number of ether oxygens (including phenoxy) is 1. The van der Waals surface area contributed by atoms with Gasteiger partial charge in [-0.25, -0.2) is 4.68 Å². The van der Waals surface area contributed by atoms with Crippen LogP contribution in [0.15, 0.2) is 16.9 Å². The summed E-state index contributed by atoms with van der Waals surface area (Å²) in [6.07, 6.45) is 1.05. The number of carbonyl (C=O) groups is 1. The number of aromatic nitrogens is 2. The Morgan fingerprint density at radius 1 is 1.30 bits per heavy atom. The van der Waals surface area contributed by atoms with Gasteiger partial charge in [-0.2, -0.15) is 5.10 Å². The quantitative estimate of drug-likeness (QED) is 0.782. The van der Waals surface area contributed by atoms with Crippen LogP contribution in [0, 0.1) is 5.92 Å². The molecule has 0 spiro atoms. The van der Waals surface area contributed by atoms with Crippen molar-refractivity contribution in [3.63, 3.8) is 0 Å². The zero-order chi connectivity index (χ0) is 16.4. The van der Waals surface area contributed by atoms with Crippen LogP contribution in [-0.2, 0) is 11.8 Å². The zero-order valence-corrected chi connectivity index (χ0v) is 13.8. The maximum absolute atomic E-state index is 12.7. The lowest BCUT2D eigenvalue weighted by Crippen LogP contribution is -2.47. The molecule has 126 valence electrons. The molecule has 2 atom stereocenters. The molecule has 2 aliphatic heterocycles. The van der Waals surface area contributed by atoms with Crippen molar-refractivity contribution in [3.8, 4) is 0 Å². The molecule has 2 saturated heterocycles. The highest BCUT2D eigenvalue weighted by molar-refractivity contribution is 5.92. The molecule has 3 rings (SSSR count). The number of likely N-dealkylation sites (tertiary alicyclic amines) is 1. The molecule has 1 aromatic rings. The van der Waals surface area contributed by atoms with Gasteiger partial charge in [0.15, 0.2) is 0 Å². The van der Waals surface area contributed by atoms with Crippen molar-refractivity contribution in [2.45, 2.75) is 19.4 Å². The van der Waals surface area contributed by atoms with Crippen LogP contribution >= 0.6 is 0 Å². The zero-order valence-electron chi connectivity index (χ0n) is 13.8. The first kappa shape index (κ1) is 16.1. The van der Waals surface area contributed by atoms with Crippen LogP contribution in [0.2, 0.25) is 0 Å². The molecule has 0 bridgehead atoms. The largest absolute Gasteiger partial charge is 0.379 e. The normalized spacial score (nSPS) is 25.7. The molecule has 1 aromatic heterocycles. The fourth-order valence-corrected chi connectivity index (χ4v) is 3.52. The lowest BCUT2D eigenvalue weighted by Gasteiger charge is -2.34. The van der Waals surface area contributed by atoms with E-state index in [4.69, 9.17) is 4.74 Å². The first-order valence-electron chi connectivity index (χ1n) is 8.25. The summed E-state index contributed by atoms with van der Waals surface area (Å²) in [5.74, 6) is 0.388. The second-order valence-corrected chi connectivity index (χ2v) is 6.27. The molecule has 2 aliphatic rings. The third kappa shape index (κ3) is 3.30. The molecule has 3 heterocycles. The Bertz CT molecular complexity index is 624. The highest BCUT2D eigenvalue weighted by Gasteiger charge is 2.38. The Morgan fingerprint density at radius 2 is 2.04 bits per heavy atom. The highest BCUT2D eigenvalue weighted by Crippen LogP contribution is 2.26. The van der Waals surface area contributed by atoms with Crippen LogP contribution in [0.25, 0.3) is 0 Å². The smallest absolute Gasteiger partial charge is 0.274 e. The average molecular weight is 320 g/mol. The minimum Gasteiger partial charge on any atom is -0.379 e. The van der Waals surface area contributed by atoms with Gasteiger partial charge in [0.1, 0.15) is 5.69 Å². The van der Waals surface area contributed by atoms with Crippen molar-refractivity contribution < 1.29 is 9.53 Å². The van der Waals surface area contributed by atoms with Gasteiger partial charge < -0.3 is 9.64 Å². The fourth-order valence-electron chi connectivity index (χ4n) is 3.52. The molecule has 7 nitrogen and oxygen atoms in total. The lowest BCUT2D eigenvalue weighted by molar-refractivity contribution is 0.0102. The molecule has 7 heteroatoms. The van der Waals surface area contributed by atoms with Crippen LogP contribution < -0.4 is 5.56 Å². The van der Waals surface area contributed by atoms with E-state index >= 15 is 0 Å². The van der Waals surface area contributed by atoms with E-state index < -0.39 is 0 Å². The summed E-state index contributed by atoms with van der Waals surface area (Å²) in [6, 6.07) is 3.31. The van der Waals surface area contributed by atoms with Gasteiger partial charge in [0.05, 0.1) is 13.2 Å². The molecular weight excluding hydrogens is 296 g/mol. The molecule has 0 saturated carbocycles. The van der Waals surface area contributed by atoms with Crippen LogP contribution in [0.4, 0.5) is 0 Å². The van der Waals surface area contributed by atoms with Crippen LogP contribution in [0.1, 0.15) is 23.8 Å². The van der Waals surface area contributed by atoms with Gasteiger partial charge >= 0.3 is 0 Å². The van der Waals surface area contributed by atoms with Crippen LogP contribution in [0.5, 0.6) is 0 Å². The first-order valence-corrected chi connectivity index (χ1v) is 8.25. The summed E-state index contributed by atoms with van der Waals surface area (Å²) in [5.41, 5.74) is 0.130. The molecule has 0 aromatic carbocycles. The van der Waals surface area contributed by atoms with E-state index in [1.165, 1.54) is 16.8 Å². The Kier molecular flexibility index (Phi) is 4.77. The number of hydrogen-bond donors (Lipinski definition) is 0. The minimum atomic E-state index is -0.208. The molecule has 0 N–H and O–H groups in total. The summed E-state index contributed by atoms with van der Waals surface area (Å²) < 4.78 is 6.64. The predicted molar refractivity (Wildman–Crippen MR) is 85.3 cm³/mol. The van der Waals surface area contributed by atoms with Gasteiger partial charge in [-0.3, -0.25) is 14.5 Å². The summed E-state index contributed by atoms with van der Waals surface area (Å²) in [5, 5.41) is 4.09. The van der Waals surface area contributed by atoms with Crippen LogP contribution in [-0.4, -0.2) is 70.9 Å². The summed E-state index contributed by atoms with van der Waals surface area (Å²) in [6.45, 7) is 7.05. The maximum atomic E-state index is 12.7. The average Bonchev–Trinajstić information content (AvgIpc) is 3.02. The van der Waals surface area contributed by atoms with E-state index in [1.54, 1.807) is 7.05 Å². The van der Waals surface area contributed by atoms with E-state index in [9.17, 15) is 9.59 Å². The summed E-state index contributed by atoms with van der Waals surface area (Å²) >= 11 is 0. The molecule has 23 heavy (non-hydrogen) atoms. The fraction of sp³-hybridized carbons (Fsp3) is 0.688. The Labute approximate surface area is 135 Å². The van der Waals surface area contributed by atoms with Gasteiger partial charge in [-0.1, -0.05) is 13.3 Å². The van der Waals surface area contributed by atoms with E-state index in [-0.39, 0.29) is 11.5 Å². The second kappa shape index (κ2) is 6.80. The maximum Gasteiger partial charge on any atom is 0.274 e. The molecule has 0 unspecified atom stereocenters. The number of carbonyl (C=O) groups excluding carboxylic acids is 1. The van der Waals surface area contributed by atoms with Crippen molar-refractivity contribution in [1.82, 2.24) is 19.6 Å². The van der Waals surface area contributed by atoms with Crippen molar-refractivity contribution in [1.29, 1.82) is 0 Å². The minimum absolute atomic E-state index is 0.0881. The topological polar surface area (TPSA) is 67.7 Å². The summed E-state index contributed by atoms with van der Waals surface area (Å²) in [7, 11) is 1.56. The van der Waals surface area contributed by atoms with Gasteiger partial charge in [0.25, 0.3) is 11.5 Å². The van der Waals surface area contributed by atoms with Crippen molar-refractivity contribution in [2.75, 3.05) is 39.4 Å². The van der Waals surface area contributed by atoms with E-state index in [0.29, 0.717) is 17.7 Å². The van der Waals surface area contributed by atoms with Crippen molar-refractivity contribution in [2.24, 2.45) is 13.0 Å². The first-order chi connectivity index (χ1) is 11.1. The van der Waals surface area contributed by atoms with Crippen molar-refractivity contribution >= 4 is 5.91 Å². The summed E-state index contributed by atoms with van der Waals surface area (Å²) in [4.78, 5) is 28.5. The SMILES string of the molecule is CC[C@@H]1CN(C(=O)c2ccc(=O)n(C)n2)C[C@H]1N1CCOCC1. The lowest BCUT2D eigenvalue weighted by atomic mass is 9.99. The van der Waals surface area contributed by atoms with Gasteiger partial charge in [-0.05, 0) is 12.0 Å². The Balaban J connectivity index is 1.74. The van der Waals surface area contributed by atoms with Crippen molar-refractivity contribution in [3.05, 3.63) is 28.2 Å². The van der Waals surface area contributed by atoms with E-state index in [2.05, 4.69) is 16.9 Å².